The molecule has 0 bridgehead atoms. The fourth-order valence-electron chi connectivity index (χ4n) is 2.20. The number of carbonyl (C=O) groups excluding carboxylic acids is 2. The average molecular weight is 253 g/mol. The van der Waals surface area contributed by atoms with Crippen molar-refractivity contribution in [1.82, 2.24) is 4.90 Å². The second-order valence-electron chi connectivity index (χ2n) is 4.37. The quantitative estimate of drug-likeness (QED) is 0.834. The minimum absolute atomic E-state index is 0.0824. The molecule has 2 aromatic rings. The summed E-state index contributed by atoms with van der Waals surface area (Å²) in [5, 5.41) is 9.71. The maximum Gasteiger partial charge on any atom is 0.261 e. The van der Waals surface area contributed by atoms with E-state index in [4.69, 9.17) is 0 Å². The molecule has 2 amide bonds. The maximum absolute atomic E-state index is 12.1. The van der Waals surface area contributed by atoms with Crippen LogP contribution in [0.4, 0.5) is 0 Å². The Morgan fingerprint density at radius 3 is 1.95 bits per heavy atom. The van der Waals surface area contributed by atoms with Gasteiger partial charge in [-0.3, -0.25) is 14.5 Å². The number of para-hydroxylation sites is 1. The summed E-state index contributed by atoms with van der Waals surface area (Å²) in [6.45, 7) is 0.0824. The summed E-state index contributed by atoms with van der Waals surface area (Å²) in [4.78, 5) is 25.4. The van der Waals surface area contributed by atoms with Crippen LogP contribution >= 0.6 is 0 Å². The molecule has 0 radical (unpaired) electrons. The minimum Gasteiger partial charge on any atom is -0.508 e. The van der Waals surface area contributed by atoms with Crippen molar-refractivity contribution in [1.29, 1.82) is 0 Å². The molecule has 0 aromatic heterocycles. The third-order valence-corrected chi connectivity index (χ3v) is 3.20. The Hall–Kier alpha value is -2.62. The predicted octanol–water partition coefficient (Wildman–Crippen LogP) is 2.19. The first kappa shape index (κ1) is 11.5. The van der Waals surface area contributed by atoms with Gasteiger partial charge in [0.2, 0.25) is 0 Å². The van der Waals surface area contributed by atoms with Crippen LogP contribution in [-0.4, -0.2) is 21.8 Å². The number of fused-ring (bicyclic) bond motifs is 1. The molecule has 4 nitrogen and oxygen atoms in total. The van der Waals surface area contributed by atoms with E-state index in [0.717, 1.165) is 4.90 Å². The van der Waals surface area contributed by atoms with Gasteiger partial charge in [-0.25, -0.2) is 0 Å². The van der Waals surface area contributed by atoms with E-state index >= 15 is 0 Å². The van der Waals surface area contributed by atoms with Crippen LogP contribution < -0.4 is 0 Å². The zero-order valence-electron chi connectivity index (χ0n) is 10.0. The standard InChI is InChI=1S/C15H11NO3/c17-13-8-4-1-5-10(13)9-16-14(18)11-6-2-3-7-12(11)15(16)19/h1-8,17H,9H2. The molecule has 0 aliphatic carbocycles. The van der Waals surface area contributed by atoms with Gasteiger partial charge in [-0.1, -0.05) is 30.3 Å². The highest BCUT2D eigenvalue weighted by Gasteiger charge is 2.35. The van der Waals surface area contributed by atoms with Crippen LogP contribution in [0, 0.1) is 0 Å². The van der Waals surface area contributed by atoms with Crippen molar-refractivity contribution in [3.63, 3.8) is 0 Å². The summed E-state index contributed by atoms with van der Waals surface area (Å²) < 4.78 is 0. The monoisotopic (exact) mass is 253 g/mol. The lowest BCUT2D eigenvalue weighted by Crippen LogP contribution is -2.29. The van der Waals surface area contributed by atoms with Crippen LogP contribution in [0.2, 0.25) is 0 Å². The number of amides is 2. The van der Waals surface area contributed by atoms with Gasteiger partial charge < -0.3 is 5.11 Å². The Labute approximate surface area is 109 Å². The van der Waals surface area contributed by atoms with Gasteiger partial charge >= 0.3 is 0 Å². The van der Waals surface area contributed by atoms with E-state index in [-0.39, 0.29) is 24.1 Å². The number of hydrogen-bond donors (Lipinski definition) is 1. The summed E-state index contributed by atoms with van der Waals surface area (Å²) in [6.07, 6.45) is 0. The molecule has 1 aliphatic heterocycles. The van der Waals surface area contributed by atoms with Crippen molar-refractivity contribution >= 4 is 11.8 Å². The van der Waals surface area contributed by atoms with E-state index in [2.05, 4.69) is 0 Å². The number of aromatic hydroxyl groups is 1. The molecular weight excluding hydrogens is 242 g/mol. The fraction of sp³-hybridized carbons (Fsp3) is 0.0667. The van der Waals surface area contributed by atoms with Crippen LogP contribution in [0.15, 0.2) is 48.5 Å². The van der Waals surface area contributed by atoms with Crippen molar-refractivity contribution in [2.45, 2.75) is 6.54 Å². The van der Waals surface area contributed by atoms with Gasteiger partial charge in [-0.15, -0.1) is 0 Å². The van der Waals surface area contributed by atoms with Gasteiger partial charge in [-0.05, 0) is 18.2 Å². The Balaban J connectivity index is 1.95. The lowest BCUT2D eigenvalue weighted by atomic mass is 10.1. The molecule has 1 aliphatic rings. The number of benzene rings is 2. The molecule has 0 saturated carbocycles. The minimum atomic E-state index is -0.316. The van der Waals surface area contributed by atoms with Gasteiger partial charge in [0, 0.05) is 5.56 Å². The lowest BCUT2D eigenvalue weighted by molar-refractivity contribution is 0.0641. The SMILES string of the molecule is O=C1c2ccccc2C(=O)N1Cc1ccccc1O. The highest BCUT2D eigenvalue weighted by molar-refractivity contribution is 6.21. The predicted molar refractivity (Wildman–Crippen MR) is 68.8 cm³/mol. The van der Waals surface area contributed by atoms with Crippen LogP contribution in [0.25, 0.3) is 0 Å². The summed E-state index contributed by atoms with van der Waals surface area (Å²) in [5.74, 6) is -0.549. The third kappa shape index (κ3) is 1.78. The smallest absolute Gasteiger partial charge is 0.261 e. The van der Waals surface area contributed by atoms with Crippen LogP contribution in [-0.2, 0) is 6.54 Å². The number of phenolic OH excluding ortho intramolecular Hbond substituents is 1. The molecule has 2 aromatic carbocycles. The van der Waals surface area contributed by atoms with Crippen molar-refractivity contribution in [3.8, 4) is 5.75 Å². The molecule has 0 spiro atoms. The number of imide groups is 1. The number of carbonyl (C=O) groups is 2. The zero-order valence-corrected chi connectivity index (χ0v) is 10.0. The molecule has 4 heteroatoms. The van der Waals surface area contributed by atoms with E-state index in [1.54, 1.807) is 42.5 Å². The van der Waals surface area contributed by atoms with Crippen molar-refractivity contribution in [2.24, 2.45) is 0 Å². The molecule has 19 heavy (non-hydrogen) atoms. The number of phenols is 1. The molecule has 1 N–H and O–H groups in total. The largest absolute Gasteiger partial charge is 0.508 e. The summed E-state index contributed by atoms with van der Waals surface area (Å²) >= 11 is 0. The van der Waals surface area contributed by atoms with Crippen molar-refractivity contribution < 1.29 is 14.7 Å². The molecule has 94 valence electrons. The molecule has 0 unspecified atom stereocenters. The maximum atomic E-state index is 12.1. The second-order valence-corrected chi connectivity index (χ2v) is 4.37. The highest BCUT2D eigenvalue weighted by atomic mass is 16.3. The molecule has 0 saturated heterocycles. The molecule has 1 heterocycles. The molecule has 0 atom stereocenters. The zero-order chi connectivity index (χ0) is 13.4. The van der Waals surface area contributed by atoms with Crippen LogP contribution in [0.3, 0.4) is 0 Å². The van der Waals surface area contributed by atoms with Gasteiger partial charge in [-0.2, -0.15) is 0 Å². The van der Waals surface area contributed by atoms with Crippen molar-refractivity contribution in [2.75, 3.05) is 0 Å². The number of rotatable bonds is 2. The summed E-state index contributed by atoms with van der Waals surface area (Å²) in [6, 6.07) is 13.4. The first-order valence-corrected chi connectivity index (χ1v) is 5.90. The van der Waals surface area contributed by atoms with Crippen LogP contribution in [0.5, 0.6) is 5.75 Å². The van der Waals surface area contributed by atoms with E-state index in [1.807, 2.05) is 0 Å². The highest BCUT2D eigenvalue weighted by Crippen LogP contribution is 2.26. The van der Waals surface area contributed by atoms with Crippen LogP contribution in [0.1, 0.15) is 26.3 Å². The average Bonchev–Trinajstić information content (AvgIpc) is 2.67. The fourth-order valence-corrected chi connectivity index (χ4v) is 2.20. The Kier molecular flexibility index (Phi) is 2.56. The Morgan fingerprint density at radius 2 is 1.37 bits per heavy atom. The van der Waals surface area contributed by atoms with E-state index in [0.29, 0.717) is 16.7 Å². The first-order valence-electron chi connectivity index (χ1n) is 5.90. The first-order chi connectivity index (χ1) is 9.18. The lowest BCUT2D eigenvalue weighted by Gasteiger charge is -2.14. The van der Waals surface area contributed by atoms with Gasteiger partial charge in [0.05, 0.1) is 17.7 Å². The Morgan fingerprint density at radius 1 is 0.842 bits per heavy atom. The third-order valence-electron chi connectivity index (χ3n) is 3.20. The summed E-state index contributed by atoms with van der Waals surface area (Å²) in [5.41, 5.74) is 1.39. The number of hydrogen-bond acceptors (Lipinski definition) is 3. The summed E-state index contributed by atoms with van der Waals surface area (Å²) in [7, 11) is 0. The van der Waals surface area contributed by atoms with Gasteiger partial charge in [0.25, 0.3) is 11.8 Å². The Bertz CT molecular complexity index is 644. The van der Waals surface area contributed by atoms with Gasteiger partial charge in [0.15, 0.2) is 0 Å². The molecular formula is C15H11NO3. The second kappa shape index (κ2) is 4.24. The molecule has 0 fully saturated rings. The van der Waals surface area contributed by atoms with E-state index in [1.165, 1.54) is 6.07 Å². The topological polar surface area (TPSA) is 57.6 Å². The number of nitrogens with zero attached hydrogens (tertiary/aromatic N) is 1. The van der Waals surface area contributed by atoms with Gasteiger partial charge in [0.1, 0.15) is 5.75 Å². The van der Waals surface area contributed by atoms with Crippen molar-refractivity contribution in [3.05, 3.63) is 65.2 Å². The van der Waals surface area contributed by atoms with E-state index in [9.17, 15) is 14.7 Å². The normalized spacial score (nSPS) is 13.8. The molecule has 3 rings (SSSR count). The van der Waals surface area contributed by atoms with E-state index < -0.39 is 0 Å².